The van der Waals surface area contributed by atoms with Gasteiger partial charge in [-0.15, -0.1) is 12.4 Å². The molecule has 6 aliphatic rings. The lowest BCUT2D eigenvalue weighted by molar-refractivity contribution is -0.200. The number of ketones is 2. The number of aliphatic hydroxyl groups is 3. The molecule has 3 aromatic rings. The van der Waals surface area contributed by atoms with Crippen LogP contribution in [0.5, 0.6) is 5.75 Å². The lowest BCUT2D eigenvalue weighted by atomic mass is 9.45. The number of benzene rings is 1. The maximum Gasteiger partial charge on any atom is 0.343 e. The number of carbonyl (C=O) groups is 5. The molecule has 0 unspecified atom stereocenters. The van der Waals surface area contributed by atoms with E-state index in [0.29, 0.717) is 60.4 Å². The maximum atomic E-state index is 13.2. The van der Waals surface area contributed by atoms with Crippen molar-refractivity contribution in [2.24, 2.45) is 34.3 Å². The molecule has 66 heavy (non-hydrogen) atoms. The third-order valence-corrected chi connectivity index (χ3v) is 15.3. The third-order valence-electron chi connectivity index (χ3n) is 15.3. The number of allylic oxidation sites excluding steroid dienone is 1. The molecule has 2 aliphatic heterocycles. The number of carbonyl (C=O) groups excluding carboxylic acids is 5. The van der Waals surface area contributed by atoms with E-state index in [1.54, 1.807) is 35.8 Å². The van der Waals surface area contributed by atoms with Crippen molar-refractivity contribution >= 4 is 52.8 Å². The molecular weight excluding hydrogens is 878 g/mol. The van der Waals surface area contributed by atoms with Crippen LogP contribution in [0.2, 0.25) is 0 Å². The first-order chi connectivity index (χ1) is 30.6. The highest BCUT2D eigenvalue weighted by molar-refractivity contribution is 5.93. The number of halogens is 1. The van der Waals surface area contributed by atoms with Gasteiger partial charge < -0.3 is 45.1 Å². The molecule has 18 nitrogen and oxygen atoms in total. The summed E-state index contributed by atoms with van der Waals surface area (Å²) < 4.78 is 12.4. The van der Waals surface area contributed by atoms with Crippen LogP contribution in [0.15, 0.2) is 40.7 Å². The van der Waals surface area contributed by atoms with Gasteiger partial charge in [0.05, 0.1) is 35.1 Å². The summed E-state index contributed by atoms with van der Waals surface area (Å²) in [5.74, 6) is -0.994. The van der Waals surface area contributed by atoms with E-state index in [-0.39, 0.29) is 65.7 Å². The van der Waals surface area contributed by atoms with E-state index in [2.05, 4.69) is 12.7 Å². The molecule has 0 spiro atoms. The minimum atomic E-state index is -1.84. The van der Waals surface area contributed by atoms with Crippen LogP contribution in [-0.2, 0) is 53.9 Å². The van der Waals surface area contributed by atoms with Crippen LogP contribution in [0, 0.1) is 28.6 Å². The number of ether oxygens (including phenoxy) is 2. The molecule has 2 amide bonds. The number of amides is 2. The van der Waals surface area contributed by atoms with E-state index >= 15 is 0 Å². The van der Waals surface area contributed by atoms with Crippen LogP contribution in [-0.4, -0.2) is 102 Å². The number of fused-ring (bicyclic) bond motifs is 10. The normalized spacial score (nSPS) is 29.9. The van der Waals surface area contributed by atoms with Crippen molar-refractivity contribution in [1.29, 1.82) is 0 Å². The Hall–Kier alpha value is -5.24. The Morgan fingerprint density at radius 1 is 1.09 bits per heavy atom. The molecule has 2 aromatic heterocycles. The first-order valence-electron chi connectivity index (χ1n) is 22.0. The second kappa shape index (κ2) is 18.4. The quantitative estimate of drug-likeness (QED) is 0.0825. The molecule has 19 heteroatoms. The number of phenols is 1. The average molecular weight is 938 g/mol. The number of hydrogen-bond acceptors (Lipinski definition) is 15. The second-order valence-electron chi connectivity index (χ2n) is 19.1. The molecule has 8 N–H and O–H groups in total. The van der Waals surface area contributed by atoms with Gasteiger partial charge in [-0.25, -0.2) is 20.1 Å². The number of aromatic nitrogens is 2. The van der Waals surface area contributed by atoms with Gasteiger partial charge in [-0.1, -0.05) is 26.3 Å². The minimum Gasteiger partial charge on any atom is -0.508 e. The third kappa shape index (κ3) is 8.08. The van der Waals surface area contributed by atoms with E-state index in [9.17, 15) is 49.2 Å². The van der Waals surface area contributed by atoms with Crippen LogP contribution < -0.4 is 16.8 Å². The Morgan fingerprint density at radius 2 is 1.79 bits per heavy atom. The molecule has 0 bridgehead atoms. The highest BCUT2D eigenvalue weighted by Crippen LogP contribution is 2.68. The Morgan fingerprint density at radius 3 is 2.41 bits per heavy atom. The monoisotopic (exact) mass is 937 g/mol. The summed E-state index contributed by atoms with van der Waals surface area (Å²) in [5.41, 5.74) is 6.37. The number of Topliss-reactive ketones (excluding diaryl/α,β-unsaturated/α-hetero) is 1. The number of pyridine rings is 2. The zero-order valence-corrected chi connectivity index (χ0v) is 38.8. The summed E-state index contributed by atoms with van der Waals surface area (Å²) in [7, 11) is 3.86. The van der Waals surface area contributed by atoms with E-state index in [1.807, 2.05) is 32.0 Å². The van der Waals surface area contributed by atoms with Gasteiger partial charge in [0.25, 0.3) is 5.56 Å². The molecule has 8 atom stereocenters. The van der Waals surface area contributed by atoms with Gasteiger partial charge >= 0.3 is 18.0 Å². The summed E-state index contributed by atoms with van der Waals surface area (Å²) in [6.45, 7) is 7.17. The summed E-state index contributed by atoms with van der Waals surface area (Å²) in [5, 5.41) is 50.6. The molecular formula is C47H60ClN5O13. The molecule has 0 radical (unpaired) electrons. The molecule has 3 saturated carbocycles. The van der Waals surface area contributed by atoms with Crippen LogP contribution in [0.1, 0.15) is 101 Å². The molecule has 0 saturated heterocycles. The van der Waals surface area contributed by atoms with Gasteiger partial charge in [0.2, 0.25) is 5.78 Å². The summed E-state index contributed by atoms with van der Waals surface area (Å²) in [4.78, 5) is 78.3. The maximum absolute atomic E-state index is 13.2. The first-order valence-corrected chi connectivity index (χ1v) is 22.0. The van der Waals surface area contributed by atoms with Crippen LogP contribution in [0.4, 0.5) is 4.79 Å². The van der Waals surface area contributed by atoms with E-state index in [1.165, 1.54) is 12.4 Å². The Kier molecular flexibility index (Phi) is 14.0. The zero-order valence-electron chi connectivity index (χ0n) is 38.0. The number of primary amides is 1. The van der Waals surface area contributed by atoms with Crippen molar-refractivity contribution in [3.05, 3.63) is 68.5 Å². The topological polar surface area (TPSA) is 281 Å². The smallest absolute Gasteiger partial charge is 0.343 e. The van der Waals surface area contributed by atoms with Gasteiger partial charge in [0.1, 0.15) is 19.0 Å². The van der Waals surface area contributed by atoms with E-state index < -0.39 is 53.1 Å². The van der Waals surface area contributed by atoms with Crippen LogP contribution in [0.25, 0.3) is 22.3 Å². The fourth-order valence-corrected chi connectivity index (χ4v) is 12.3. The molecule has 1 aromatic carbocycles. The number of nitrogens with zero attached hydrogens (tertiary/aromatic N) is 3. The lowest BCUT2D eigenvalue weighted by Crippen LogP contribution is -2.63. The SMILES string of the molecule is CC(=O)O[C@]1(C(=O)CO)CC[C@H]2[C@@H]3CCC4=CC(=O)CC[C@]4(C)[C@H]3[C@@H](O)C[C@@]21C.CC[C@@]1(O)C(=O)OCc2c1cc1n(c2=O)Cc2cc3c(CN(C)C)c(O)ccc3nc2-1.Cl.NC(=O)NO. The van der Waals surface area contributed by atoms with Crippen molar-refractivity contribution in [2.75, 3.05) is 20.7 Å². The average Bonchev–Trinajstić information content (AvgIpc) is 3.76. The Bertz CT molecular complexity index is 2580. The number of urea groups is 1. The van der Waals surface area contributed by atoms with Gasteiger partial charge in [-0.3, -0.25) is 24.4 Å². The number of cyclic esters (lactones) is 1. The molecule has 358 valence electrons. The predicted octanol–water partition coefficient (Wildman–Crippen LogP) is 3.66. The summed E-state index contributed by atoms with van der Waals surface area (Å²) in [6, 6.07) is 6.11. The number of rotatable bonds is 6. The number of esters is 2. The minimum absolute atomic E-state index is 0. The summed E-state index contributed by atoms with van der Waals surface area (Å²) >= 11 is 0. The van der Waals surface area contributed by atoms with Crippen LogP contribution in [0.3, 0.4) is 0 Å². The van der Waals surface area contributed by atoms with Crippen LogP contribution >= 0.6 is 12.4 Å². The fourth-order valence-electron chi connectivity index (χ4n) is 12.3. The van der Waals surface area contributed by atoms with Crippen molar-refractivity contribution in [3.63, 3.8) is 0 Å². The number of aliphatic hydroxyl groups excluding tert-OH is 2. The number of nitrogens with two attached hydrogens (primary N) is 1. The Labute approximate surface area is 387 Å². The summed E-state index contributed by atoms with van der Waals surface area (Å²) in [6.07, 6.45) is 5.69. The number of aromatic hydroxyl groups is 1. The number of phenolic OH excluding ortho intramolecular Hbond substituents is 1. The Balaban J connectivity index is 0.000000196. The van der Waals surface area contributed by atoms with Crippen molar-refractivity contribution in [3.8, 4) is 17.1 Å². The van der Waals surface area contributed by atoms with Gasteiger partial charge in [0, 0.05) is 47.4 Å². The predicted molar refractivity (Wildman–Crippen MR) is 240 cm³/mol. The van der Waals surface area contributed by atoms with E-state index in [0.717, 1.165) is 47.8 Å². The molecule has 4 heterocycles. The molecule has 3 fully saturated rings. The van der Waals surface area contributed by atoms with Crippen molar-refractivity contribution in [2.45, 2.75) is 116 Å². The second-order valence-corrected chi connectivity index (χ2v) is 19.1. The van der Waals surface area contributed by atoms with Gasteiger partial charge in [0.15, 0.2) is 17.0 Å². The number of nitrogens with one attached hydrogen (secondary N) is 1. The van der Waals surface area contributed by atoms with Crippen molar-refractivity contribution < 1.29 is 59.1 Å². The largest absolute Gasteiger partial charge is 0.508 e. The standard InChI is InChI=1S/C23H23N3O5.C23H32O6.CH4N2O2.ClH/c1-4-23(30)16-8-18-20-12(9-26(18)21(28)15(16)11-31-22(23)29)7-13-14(10-25(2)3)19(27)6-5-17(13)24-20;1-13(25)29-23(19(28)12-24)9-7-17-16-5-4-14-10-15(26)6-8-21(14,2)20(16)18(27)11-22(17,23)3;2-1(4)3-5;/h5-8,27,30H,4,9-11H2,1-3H3;10,16-18,20,24,27H,4-9,11-12H2,1-3H3;5H,(H3,2,3,4);1H/t23-;16-,17-,18-,20+,21-,22-,23-;;/m00../s1. The number of hydrogen-bond donors (Lipinski definition) is 7. The lowest BCUT2D eigenvalue weighted by Gasteiger charge is -2.60. The van der Waals surface area contributed by atoms with Gasteiger partial charge in [-0.05, 0) is 113 Å². The highest BCUT2D eigenvalue weighted by Gasteiger charge is 2.70. The fraction of sp³-hybridized carbons (Fsp3) is 0.553. The zero-order chi connectivity index (χ0) is 47.6. The molecule has 9 rings (SSSR count). The van der Waals surface area contributed by atoms with E-state index in [4.69, 9.17) is 19.7 Å². The van der Waals surface area contributed by atoms with Crippen molar-refractivity contribution in [1.82, 2.24) is 19.9 Å². The first kappa shape index (κ1) is 50.2. The number of hydroxylamine groups is 1. The highest BCUT2D eigenvalue weighted by atomic mass is 35.5. The van der Waals surface area contributed by atoms with Gasteiger partial charge in [-0.2, -0.15) is 0 Å². The molecule has 4 aliphatic carbocycles.